The standard InChI is InChI=1S/C32H24N8O2/c1-18-22(15-33)13-25(28(36-18)23-16-34-29(35-17-23)20-11-12-20)31-39-40-32(42-31)38-30-26(41)14-21-9-5-6-10-24(21)27(37-30)19-7-3-2-4-8-19/h2-10,13,16-17,20,30H,11-12,14H2,1H3,(H,38,40)/t30-/m1/s1. The molecule has 1 fully saturated rings. The Morgan fingerprint density at radius 2 is 1.71 bits per heavy atom. The summed E-state index contributed by atoms with van der Waals surface area (Å²) in [5.41, 5.74) is 6.00. The lowest BCUT2D eigenvalue weighted by Gasteiger charge is -2.12. The lowest BCUT2D eigenvalue weighted by molar-refractivity contribution is -0.119. The summed E-state index contributed by atoms with van der Waals surface area (Å²) in [7, 11) is 0. The fourth-order valence-corrected chi connectivity index (χ4v) is 5.02. The normalized spacial score (nSPS) is 16.2. The van der Waals surface area contributed by atoms with Crippen molar-refractivity contribution < 1.29 is 9.21 Å². The van der Waals surface area contributed by atoms with E-state index >= 15 is 0 Å². The van der Waals surface area contributed by atoms with Crippen molar-refractivity contribution in [3.63, 3.8) is 0 Å². The molecule has 0 saturated heterocycles. The number of anilines is 1. The average molecular weight is 553 g/mol. The number of benzene rings is 2. The number of pyridine rings is 1. The van der Waals surface area contributed by atoms with Crippen LogP contribution in [0.2, 0.25) is 0 Å². The van der Waals surface area contributed by atoms with Crippen LogP contribution in [0.15, 0.2) is 82.5 Å². The second-order valence-corrected chi connectivity index (χ2v) is 10.3. The number of fused-ring (bicyclic) bond motifs is 1. The second kappa shape index (κ2) is 10.4. The van der Waals surface area contributed by atoms with Gasteiger partial charge in [-0.05, 0) is 31.4 Å². The van der Waals surface area contributed by atoms with Gasteiger partial charge in [-0.15, -0.1) is 5.10 Å². The van der Waals surface area contributed by atoms with Crippen LogP contribution in [0.4, 0.5) is 6.01 Å². The molecule has 0 unspecified atom stereocenters. The molecular formula is C32H24N8O2. The number of carbonyl (C=O) groups is 1. The molecule has 0 radical (unpaired) electrons. The average Bonchev–Trinajstić information content (AvgIpc) is 3.79. The lowest BCUT2D eigenvalue weighted by Crippen LogP contribution is -2.29. The molecule has 5 aromatic rings. The first-order chi connectivity index (χ1) is 20.6. The third-order valence-electron chi connectivity index (χ3n) is 7.38. The Kier molecular flexibility index (Phi) is 6.32. The minimum atomic E-state index is -0.949. The summed E-state index contributed by atoms with van der Waals surface area (Å²) < 4.78 is 6.01. The quantitative estimate of drug-likeness (QED) is 0.306. The number of nitrogens with zero attached hydrogens (tertiary/aromatic N) is 7. The van der Waals surface area contributed by atoms with Crippen molar-refractivity contribution in [3.8, 4) is 28.8 Å². The third-order valence-corrected chi connectivity index (χ3v) is 7.38. The largest absolute Gasteiger partial charge is 0.403 e. The van der Waals surface area contributed by atoms with Crippen molar-refractivity contribution >= 4 is 17.5 Å². The number of ketones is 1. The van der Waals surface area contributed by atoms with Crippen molar-refractivity contribution in [2.45, 2.75) is 38.3 Å². The Labute approximate surface area is 241 Å². The summed E-state index contributed by atoms with van der Waals surface area (Å²) >= 11 is 0. The summed E-state index contributed by atoms with van der Waals surface area (Å²) in [5, 5.41) is 21.1. The number of aryl methyl sites for hydroxylation is 1. The van der Waals surface area contributed by atoms with E-state index in [9.17, 15) is 10.1 Å². The molecule has 0 bridgehead atoms. The van der Waals surface area contributed by atoms with E-state index in [-0.39, 0.29) is 24.1 Å². The number of Topliss-reactive ketones (excluding diaryl/α,β-unsaturated/α-hetero) is 1. The number of aromatic nitrogens is 5. The summed E-state index contributed by atoms with van der Waals surface area (Å²) in [6.45, 7) is 1.77. The fraction of sp³-hybridized carbons (Fsp3) is 0.188. The number of hydrogen-bond acceptors (Lipinski definition) is 10. The Morgan fingerprint density at radius 3 is 2.48 bits per heavy atom. The molecule has 4 heterocycles. The first-order valence-corrected chi connectivity index (χ1v) is 13.7. The summed E-state index contributed by atoms with van der Waals surface area (Å²) in [6.07, 6.45) is 4.91. The van der Waals surface area contributed by atoms with Crippen molar-refractivity contribution in [1.29, 1.82) is 5.26 Å². The van der Waals surface area contributed by atoms with Gasteiger partial charge in [-0.2, -0.15) is 5.26 Å². The van der Waals surface area contributed by atoms with E-state index in [0.29, 0.717) is 39.7 Å². The van der Waals surface area contributed by atoms with Crippen LogP contribution in [-0.4, -0.2) is 42.8 Å². The SMILES string of the molecule is Cc1nc(-c2cnc(C3CC3)nc2)c(-c2nnc(N[C@H]3N=C(c4ccccc4)c4ccccc4CC3=O)o2)cc1C#N. The predicted molar refractivity (Wildman–Crippen MR) is 155 cm³/mol. The summed E-state index contributed by atoms with van der Waals surface area (Å²) in [4.78, 5) is 31.9. The highest BCUT2D eigenvalue weighted by molar-refractivity contribution is 6.16. The van der Waals surface area contributed by atoms with Crippen molar-refractivity contribution in [2.75, 3.05) is 5.32 Å². The zero-order valence-electron chi connectivity index (χ0n) is 22.7. The molecule has 1 atom stereocenters. The second-order valence-electron chi connectivity index (χ2n) is 10.3. The van der Waals surface area contributed by atoms with Crippen LogP contribution < -0.4 is 5.32 Å². The molecule has 2 aromatic carbocycles. The highest BCUT2D eigenvalue weighted by Gasteiger charge is 2.29. The van der Waals surface area contributed by atoms with Crippen LogP contribution in [0.5, 0.6) is 0 Å². The molecule has 1 N–H and O–H groups in total. The number of rotatable bonds is 6. The van der Waals surface area contributed by atoms with Gasteiger partial charge >= 0.3 is 6.01 Å². The number of nitriles is 1. The molecule has 42 heavy (non-hydrogen) atoms. The van der Waals surface area contributed by atoms with E-state index in [1.54, 1.807) is 25.4 Å². The van der Waals surface area contributed by atoms with E-state index in [2.05, 4.69) is 36.5 Å². The van der Waals surface area contributed by atoms with Gasteiger partial charge < -0.3 is 9.73 Å². The maximum Gasteiger partial charge on any atom is 0.317 e. The minimum absolute atomic E-state index is 0.0239. The fourth-order valence-electron chi connectivity index (χ4n) is 5.02. The number of aliphatic imine (C=N–C) groups is 1. The lowest BCUT2D eigenvalue weighted by atomic mass is 9.96. The van der Waals surface area contributed by atoms with Crippen LogP contribution in [0.25, 0.3) is 22.7 Å². The predicted octanol–water partition coefficient (Wildman–Crippen LogP) is 5.05. The topological polar surface area (TPSA) is 143 Å². The third kappa shape index (κ3) is 4.81. The van der Waals surface area contributed by atoms with Gasteiger partial charge in [0.2, 0.25) is 0 Å². The highest BCUT2D eigenvalue weighted by atomic mass is 16.4. The molecule has 0 spiro atoms. The minimum Gasteiger partial charge on any atom is -0.403 e. The molecule has 10 nitrogen and oxygen atoms in total. The Hall–Kier alpha value is -5.56. The molecule has 1 aliphatic heterocycles. The van der Waals surface area contributed by atoms with E-state index < -0.39 is 6.17 Å². The Bertz CT molecular complexity index is 1890. The van der Waals surface area contributed by atoms with Gasteiger partial charge in [0.05, 0.1) is 28.2 Å². The van der Waals surface area contributed by atoms with Gasteiger partial charge in [0.1, 0.15) is 11.9 Å². The zero-order valence-corrected chi connectivity index (χ0v) is 22.7. The Morgan fingerprint density at radius 1 is 0.952 bits per heavy atom. The number of hydrogen-bond donors (Lipinski definition) is 1. The first kappa shape index (κ1) is 25.4. The van der Waals surface area contributed by atoms with Crippen LogP contribution >= 0.6 is 0 Å². The smallest absolute Gasteiger partial charge is 0.317 e. The summed E-state index contributed by atoms with van der Waals surface area (Å²) in [6, 6.07) is 21.4. The molecule has 2 aliphatic rings. The zero-order chi connectivity index (χ0) is 28.6. The van der Waals surface area contributed by atoms with Gasteiger partial charge in [0, 0.05) is 41.4 Å². The van der Waals surface area contributed by atoms with Crippen molar-refractivity contribution in [2.24, 2.45) is 4.99 Å². The van der Waals surface area contributed by atoms with Crippen molar-refractivity contribution in [3.05, 3.63) is 107 Å². The van der Waals surface area contributed by atoms with E-state index in [4.69, 9.17) is 9.41 Å². The van der Waals surface area contributed by atoms with Gasteiger partial charge in [0.25, 0.3) is 5.89 Å². The number of nitrogens with one attached hydrogen (secondary N) is 1. The van der Waals surface area contributed by atoms with E-state index in [0.717, 1.165) is 35.4 Å². The van der Waals surface area contributed by atoms with Crippen LogP contribution in [0.1, 0.15) is 52.5 Å². The molecule has 1 aliphatic carbocycles. The van der Waals surface area contributed by atoms with Crippen LogP contribution in [0.3, 0.4) is 0 Å². The maximum atomic E-state index is 13.4. The number of carbonyl (C=O) groups excluding carboxylic acids is 1. The van der Waals surface area contributed by atoms with Crippen molar-refractivity contribution in [1.82, 2.24) is 25.1 Å². The van der Waals surface area contributed by atoms with E-state index in [1.165, 1.54) is 0 Å². The van der Waals surface area contributed by atoms with Gasteiger partial charge in [-0.3, -0.25) is 14.8 Å². The molecule has 10 heteroatoms. The monoisotopic (exact) mass is 552 g/mol. The highest BCUT2D eigenvalue weighted by Crippen LogP contribution is 2.38. The Balaban J connectivity index is 1.24. The van der Waals surface area contributed by atoms with Crippen LogP contribution in [-0.2, 0) is 11.2 Å². The molecule has 3 aromatic heterocycles. The first-order valence-electron chi connectivity index (χ1n) is 13.7. The molecule has 204 valence electrons. The molecule has 1 saturated carbocycles. The van der Waals surface area contributed by atoms with Crippen LogP contribution in [0, 0.1) is 18.3 Å². The van der Waals surface area contributed by atoms with E-state index in [1.807, 2.05) is 54.6 Å². The van der Waals surface area contributed by atoms with Gasteiger partial charge in [-0.1, -0.05) is 59.7 Å². The molecule has 0 amide bonds. The van der Waals surface area contributed by atoms with Gasteiger partial charge in [0.15, 0.2) is 11.9 Å². The molecular weight excluding hydrogens is 528 g/mol. The maximum absolute atomic E-state index is 13.4. The summed E-state index contributed by atoms with van der Waals surface area (Å²) in [5.74, 6) is 1.24. The molecule has 7 rings (SSSR count). The van der Waals surface area contributed by atoms with Gasteiger partial charge in [-0.25, -0.2) is 9.97 Å².